The maximum absolute atomic E-state index is 12.0. The normalized spacial score (nSPS) is 10.8. The van der Waals surface area contributed by atoms with Crippen molar-refractivity contribution in [2.24, 2.45) is 4.99 Å². The summed E-state index contributed by atoms with van der Waals surface area (Å²) in [7, 11) is 1.73. The molecule has 1 aromatic heterocycles. The van der Waals surface area contributed by atoms with Crippen molar-refractivity contribution in [1.82, 2.24) is 20.9 Å². The summed E-state index contributed by atoms with van der Waals surface area (Å²) in [6.07, 6.45) is 0. The standard InChI is InChI=1S/C17H23N5OS.HI/c1-12-4-6-14(7-5-12)10-21-17(18-3)20-9-8-19-16(23)15-13(2)22-11-24-15;/h4-7,11H,8-10H2,1-3H3,(H,19,23)(H2,18,20,21);1H. The van der Waals surface area contributed by atoms with Crippen LogP contribution in [0.1, 0.15) is 26.5 Å². The Morgan fingerprint density at radius 3 is 2.40 bits per heavy atom. The molecule has 6 nitrogen and oxygen atoms in total. The summed E-state index contributed by atoms with van der Waals surface area (Å²) in [5.41, 5.74) is 4.88. The number of hydrogen-bond acceptors (Lipinski definition) is 4. The van der Waals surface area contributed by atoms with Gasteiger partial charge in [-0.2, -0.15) is 0 Å². The number of nitrogens with one attached hydrogen (secondary N) is 3. The van der Waals surface area contributed by atoms with E-state index in [-0.39, 0.29) is 29.9 Å². The molecule has 0 aliphatic rings. The predicted octanol–water partition coefficient (Wildman–Crippen LogP) is 2.47. The number of carbonyl (C=O) groups excluding carboxylic acids is 1. The molecule has 2 rings (SSSR count). The lowest BCUT2D eigenvalue weighted by Gasteiger charge is -2.12. The number of rotatable bonds is 6. The Hall–Kier alpha value is -1.68. The Balaban J connectivity index is 0.00000312. The van der Waals surface area contributed by atoms with Crippen molar-refractivity contribution >= 4 is 47.2 Å². The monoisotopic (exact) mass is 473 g/mol. The van der Waals surface area contributed by atoms with Gasteiger partial charge in [-0.3, -0.25) is 9.79 Å². The molecule has 8 heteroatoms. The number of halogens is 1. The van der Waals surface area contributed by atoms with Crippen LogP contribution in [0.4, 0.5) is 0 Å². The molecule has 0 aliphatic carbocycles. The van der Waals surface area contributed by atoms with Crippen molar-refractivity contribution in [3.05, 3.63) is 51.5 Å². The van der Waals surface area contributed by atoms with Crippen molar-refractivity contribution in [2.45, 2.75) is 20.4 Å². The smallest absolute Gasteiger partial charge is 0.263 e. The predicted molar refractivity (Wildman–Crippen MR) is 114 cm³/mol. The first-order chi connectivity index (χ1) is 11.6. The van der Waals surface area contributed by atoms with Crippen LogP contribution in [0.25, 0.3) is 0 Å². The van der Waals surface area contributed by atoms with E-state index in [9.17, 15) is 4.79 Å². The van der Waals surface area contributed by atoms with E-state index in [0.29, 0.717) is 30.5 Å². The average molecular weight is 473 g/mol. The summed E-state index contributed by atoms with van der Waals surface area (Å²) < 4.78 is 0. The summed E-state index contributed by atoms with van der Waals surface area (Å²) in [5.74, 6) is 0.623. The number of carbonyl (C=O) groups is 1. The van der Waals surface area contributed by atoms with Crippen LogP contribution in [0.15, 0.2) is 34.8 Å². The first-order valence-corrected chi connectivity index (χ1v) is 8.66. The number of aromatic nitrogens is 1. The molecular formula is C17H24IN5OS. The average Bonchev–Trinajstić information content (AvgIpc) is 3.01. The molecule has 2 aromatic rings. The summed E-state index contributed by atoms with van der Waals surface area (Å²) in [5, 5.41) is 9.30. The third-order valence-corrected chi connectivity index (χ3v) is 4.39. The minimum Gasteiger partial charge on any atom is -0.355 e. The zero-order chi connectivity index (χ0) is 17.4. The van der Waals surface area contributed by atoms with E-state index in [4.69, 9.17) is 0 Å². The van der Waals surface area contributed by atoms with E-state index in [1.165, 1.54) is 22.5 Å². The molecule has 25 heavy (non-hydrogen) atoms. The molecular weight excluding hydrogens is 449 g/mol. The van der Waals surface area contributed by atoms with Gasteiger partial charge in [0.05, 0.1) is 11.2 Å². The third-order valence-electron chi connectivity index (χ3n) is 3.46. The van der Waals surface area contributed by atoms with E-state index in [1.807, 2.05) is 6.92 Å². The lowest BCUT2D eigenvalue weighted by molar-refractivity contribution is 0.0957. The highest BCUT2D eigenvalue weighted by atomic mass is 127. The molecule has 0 atom stereocenters. The molecule has 1 amide bonds. The van der Waals surface area contributed by atoms with Crippen molar-refractivity contribution in [3.63, 3.8) is 0 Å². The maximum Gasteiger partial charge on any atom is 0.263 e. The summed E-state index contributed by atoms with van der Waals surface area (Å²) in [4.78, 5) is 20.9. The highest BCUT2D eigenvalue weighted by Gasteiger charge is 2.10. The summed E-state index contributed by atoms with van der Waals surface area (Å²) >= 11 is 1.35. The van der Waals surface area contributed by atoms with E-state index in [1.54, 1.807) is 12.6 Å². The minimum absolute atomic E-state index is 0. The number of aliphatic imine (C=N–C) groups is 1. The Bertz CT molecular complexity index is 699. The fraction of sp³-hybridized carbons (Fsp3) is 0.353. The minimum atomic E-state index is -0.0839. The lowest BCUT2D eigenvalue weighted by atomic mass is 10.1. The summed E-state index contributed by atoms with van der Waals surface area (Å²) in [6, 6.07) is 8.36. The van der Waals surface area contributed by atoms with Gasteiger partial charge in [0.15, 0.2) is 5.96 Å². The number of amides is 1. The zero-order valence-corrected chi connectivity index (χ0v) is 17.8. The quantitative estimate of drug-likeness (QED) is 0.261. The van der Waals surface area contributed by atoms with E-state index in [2.05, 4.69) is 57.1 Å². The molecule has 0 fully saturated rings. The van der Waals surface area contributed by atoms with Crippen LogP contribution in [0, 0.1) is 13.8 Å². The second-order valence-corrected chi connectivity index (χ2v) is 6.22. The Labute approximate surface area is 169 Å². The van der Waals surface area contributed by atoms with Crippen molar-refractivity contribution in [2.75, 3.05) is 20.1 Å². The molecule has 136 valence electrons. The maximum atomic E-state index is 12.0. The van der Waals surface area contributed by atoms with Gasteiger partial charge in [-0.25, -0.2) is 4.98 Å². The molecule has 0 unspecified atom stereocenters. The number of thiazole rings is 1. The summed E-state index contributed by atoms with van der Waals surface area (Å²) in [6.45, 7) is 5.71. The van der Waals surface area contributed by atoms with Crippen molar-refractivity contribution < 1.29 is 4.79 Å². The molecule has 1 heterocycles. The van der Waals surface area contributed by atoms with Crippen molar-refractivity contribution in [3.8, 4) is 0 Å². The van der Waals surface area contributed by atoms with Gasteiger partial charge < -0.3 is 16.0 Å². The number of benzene rings is 1. The molecule has 0 aliphatic heterocycles. The van der Waals surface area contributed by atoms with Crippen LogP contribution >= 0.6 is 35.3 Å². The van der Waals surface area contributed by atoms with Gasteiger partial charge in [-0.1, -0.05) is 29.8 Å². The van der Waals surface area contributed by atoms with Gasteiger partial charge in [0.2, 0.25) is 0 Å². The molecule has 0 saturated carbocycles. The molecule has 3 N–H and O–H groups in total. The van der Waals surface area contributed by atoms with Crippen LogP contribution in [0.5, 0.6) is 0 Å². The van der Waals surface area contributed by atoms with Crippen LogP contribution < -0.4 is 16.0 Å². The van der Waals surface area contributed by atoms with E-state index < -0.39 is 0 Å². The first kappa shape index (κ1) is 21.4. The van der Waals surface area contributed by atoms with Crippen LogP contribution in [-0.4, -0.2) is 37.0 Å². The molecule has 0 bridgehead atoms. The van der Waals surface area contributed by atoms with Gasteiger partial charge in [0.25, 0.3) is 5.91 Å². The molecule has 0 spiro atoms. The number of hydrogen-bond donors (Lipinski definition) is 3. The SMILES string of the molecule is CN=C(NCCNC(=O)c1scnc1C)NCc1ccc(C)cc1.I. The van der Waals surface area contributed by atoms with Gasteiger partial charge >= 0.3 is 0 Å². The Morgan fingerprint density at radius 2 is 1.80 bits per heavy atom. The van der Waals surface area contributed by atoms with Gasteiger partial charge in [-0.05, 0) is 19.4 Å². The van der Waals surface area contributed by atoms with Crippen LogP contribution in [0.2, 0.25) is 0 Å². The van der Waals surface area contributed by atoms with E-state index >= 15 is 0 Å². The Morgan fingerprint density at radius 1 is 1.12 bits per heavy atom. The first-order valence-electron chi connectivity index (χ1n) is 7.78. The lowest BCUT2D eigenvalue weighted by Crippen LogP contribution is -2.41. The molecule has 0 saturated heterocycles. The van der Waals surface area contributed by atoms with E-state index in [0.717, 1.165) is 5.69 Å². The topological polar surface area (TPSA) is 78.4 Å². The van der Waals surface area contributed by atoms with Gasteiger partial charge in [0.1, 0.15) is 4.88 Å². The van der Waals surface area contributed by atoms with Gasteiger partial charge in [-0.15, -0.1) is 35.3 Å². The molecule has 0 radical (unpaired) electrons. The number of aryl methyl sites for hydroxylation is 2. The number of nitrogens with zero attached hydrogens (tertiary/aromatic N) is 2. The fourth-order valence-electron chi connectivity index (χ4n) is 2.07. The highest BCUT2D eigenvalue weighted by Crippen LogP contribution is 2.11. The molecule has 1 aromatic carbocycles. The zero-order valence-electron chi connectivity index (χ0n) is 14.6. The third kappa shape index (κ3) is 6.99. The second-order valence-electron chi connectivity index (χ2n) is 5.36. The van der Waals surface area contributed by atoms with Crippen LogP contribution in [-0.2, 0) is 6.54 Å². The van der Waals surface area contributed by atoms with Crippen LogP contribution in [0.3, 0.4) is 0 Å². The largest absolute Gasteiger partial charge is 0.355 e. The Kier molecular flexibility index (Phi) is 9.43. The van der Waals surface area contributed by atoms with Crippen molar-refractivity contribution in [1.29, 1.82) is 0 Å². The second kappa shape index (κ2) is 11.0. The van der Waals surface area contributed by atoms with Gasteiger partial charge in [0, 0.05) is 26.7 Å². The highest BCUT2D eigenvalue weighted by molar-refractivity contribution is 14.0. The number of guanidine groups is 1. The fourth-order valence-corrected chi connectivity index (χ4v) is 2.79.